The van der Waals surface area contributed by atoms with E-state index in [0.717, 1.165) is 25.1 Å². The normalized spacial score (nSPS) is 29.8. The Balaban J connectivity index is 1.74. The minimum Gasteiger partial charge on any atom is -0.571 e. The number of phenolic OH excluding ortho intramolecular Hbond substituents is 3. The van der Waals surface area contributed by atoms with Crippen molar-refractivity contribution in [2.45, 2.75) is 43.7 Å². The lowest BCUT2D eigenvalue weighted by molar-refractivity contribution is -0.291. The molecule has 1 fully saturated rings. The van der Waals surface area contributed by atoms with Crippen LogP contribution in [0.1, 0.15) is 12.5 Å². The summed E-state index contributed by atoms with van der Waals surface area (Å²) >= 11 is 0. The minimum atomic E-state index is -1.78. The molecule has 9 N–H and O–H groups in total. The summed E-state index contributed by atoms with van der Waals surface area (Å²) in [7, 11) is 0. The van der Waals surface area contributed by atoms with Gasteiger partial charge < -0.3 is 59.8 Å². The monoisotopic (exact) mass is 509 g/mol. The molecule has 6 atom stereocenters. The van der Waals surface area contributed by atoms with Crippen molar-refractivity contribution in [2.24, 2.45) is 0 Å². The summed E-state index contributed by atoms with van der Waals surface area (Å²) < 4.78 is 20.5. The van der Waals surface area contributed by atoms with Crippen LogP contribution in [0.3, 0.4) is 0 Å². The first kappa shape index (κ1) is 25.2. The van der Waals surface area contributed by atoms with Crippen molar-refractivity contribution in [3.8, 4) is 17.2 Å². The van der Waals surface area contributed by atoms with Gasteiger partial charge in [-0.1, -0.05) is 0 Å². The number of phenols is 3. The SMILES string of the molecule is CC(=O)OC[C@H]1O[C@@H](OC2=C(c3cc(O)c(O)c(O)c3)[OH+]C3C=C(O)C=C(O)C3=C2)[C@H](O)[C@@H](O)[C@@H]1O. The summed E-state index contributed by atoms with van der Waals surface area (Å²) in [5, 5.41) is 80.8. The molecular weight excluding hydrogens is 484 g/mol. The third kappa shape index (κ3) is 4.77. The summed E-state index contributed by atoms with van der Waals surface area (Å²) in [6, 6.07) is 2.14. The predicted octanol–water partition coefficient (Wildman–Crippen LogP) is -0.407. The van der Waals surface area contributed by atoms with Crippen molar-refractivity contribution in [1.82, 2.24) is 0 Å². The fourth-order valence-corrected chi connectivity index (χ4v) is 3.88. The number of fused-ring (bicyclic) bond motifs is 1. The van der Waals surface area contributed by atoms with Crippen molar-refractivity contribution < 1.29 is 64.6 Å². The Morgan fingerprint density at radius 2 is 1.67 bits per heavy atom. The van der Waals surface area contributed by atoms with Gasteiger partial charge in [0.15, 0.2) is 17.2 Å². The molecule has 13 heteroatoms. The molecule has 0 aromatic heterocycles. The molecule has 36 heavy (non-hydrogen) atoms. The second-order valence-corrected chi connectivity index (χ2v) is 8.31. The molecular formula is C23H25O13+. The van der Waals surface area contributed by atoms with Gasteiger partial charge in [0, 0.05) is 31.2 Å². The number of carbonyl (C=O) groups excluding carboxylic acids is 1. The summed E-state index contributed by atoms with van der Waals surface area (Å²) in [6.07, 6.45) is -5.27. The Morgan fingerprint density at radius 3 is 2.31 bits per heavy atom. The van der Waals surface area contributed by atoms with E-state index in [-0.39, 0.29) is 34.2 Å². The summed E-state index contributed by atoms with van der Waals surface area (Å²) in [5.41, 5.74) is 0.221. The van der Waals surface area contributed by atoms with E-state index in [2.05, 4.69) is 4.74 Å². The molecule has 1 aromatic rings. The Hall–Kier alpha value is -3.91. The maximum atomic E-state index is 11.2. The van der Waals surface area contributed by atoms with Crippen LogP contribution in [-0.2, 0) is 19.0 Å². The molecule has 0 amide bonds. The number of aliphatic hydroxyl groups excluding tert-OH is 5. The highest BCUT2D eigenvalue weighted by Crippen LogP contribution is 2.41. The van der Waals surface area contributed by atoms with Crippen molar-refractivity contribution in [2.75, 3.05) is 6.61 Å². The number of aromatic hydroxyl groups is 3. The van der Waals surface area contributed by atoms with E-state index in [0.29, 0.717) is 0 Å². The van der Waals surface area contributed by atoms with Crippen LogP contribution in [0.4, 0.5) is 0 Å². The molecule has 0 saturated carbocycles. The van der Waals surface area contributed by atoms with Crippen LogP contribution < -0.4 is 0 Å². The number of rotatable bonds is 5. The zero-order chi connectivity index (χ0) is 26.3. The lowest BCUT2D eigenvalue weighted by atomic mass is 9.96. The van der Waals surface area contributed by atoms with Crippen molar-refractivity contribution in [3.05, 3.63) is 58.8 Å². The summed E-state index contributed by atoms with van der Waals surface area (Å²) in [5.74, 6) is -3.63. The topological polar surface area (TPSA) is 219 Å². The fourth-order valence-electron chi connectivity index (χ4n) is 3.88. The van der Waals surface area contributed by atoms with E-state index in [1.165, 1.54) is 12.2 Å². The summed E-state index contributed by atoms with van der Waals surface area (Å²) in [4.78, 5) is 11.2. The standard InChI is InChI=1S/C23H24O13/c1-8(24)33-7-17-19(30)20(31)21(32)23(36-17)35-16-6-11-12(26)4-10(25)5-15(11)34-22(16)9-2-13(27)18(29)14(28)3-9/h2-6,15,17,19-21,23,25-32H,7H2,1H3/p+1/t15?,17-,19-,20+,21-,23-/m1/s1. The van der Waals surface area contributed by atoms with Crippen LogP contribution in [0, 0.1) is 0 Å². The zero-order valence-corrected chi connectivity index (χ0v) is 18.7. The lowest BCUT2D eigenvalue weighted by Gasteiger charge is -2.40. The summed E-state index contributed by atoms with van der Waals surface area (Å²) in [6.45, 7) is 0.684. The molecule has 0 spiro atoms. The third-order valence-corrected chi connectivity index (χ3v) is 5.72. The highest BCUT2D eigenvalue weighted by atomic mass is 16.7. The molecule has 1 saturated heterocycles. The number of benzene rings is 1. The molecule has 0 bridgehead atoms. The van der Waals surface area contributed by atoms with E-state index in [4.69, 9.17) is 14.2 Å². The van der Waals surface area contributed by atoms with E-state index < -0.39 is 66.6 Å². The Bertz CT molecular complexity index is 1160. The van der Waals surface area contributed by atoms with Gasteiger partial charge in [-0.15, -0.1) is 0 Å². The third-order valence-electron chi connectivity index (χ3n) is 5.72. The highest BCUT2D eigenvalue weighted by molar-refractivity contribution is 5.71. The molecule has 2 aliphatic heterocycles. The van der Waals surface area contributed by atoms with Crippen molar-refractivity contribution in [3.63, 3.8) is 0 Å². The average Bonchev–Trinajstić information content (AvgIpc) is 2.81. The zero-order valence-electron chi connectivity index (χ0n) is 18.7. The fraction of sp³-hybridized carbons (Fsp3) is 0.348. The molecule has 4 rings (SSSR count). The largest absolute Gasteiger partial charge is 0.571 e. The lowest BCUT2D eigenvalue weighted by Crippen LogP contribution is -2.59. The maximum Gasteiger partial charge on any atom is 0.305 e. The smallest absolute Gasteiger partial charge is 0.305 e. The number of hydrogen-bond donors (Lipinski definition) is 8. The first-order valence-corrected chi connectivity index (χ1v) is 10.7. The molecule has 0 radical (unpaired) electrons. The molecule has 13 nitrogen and oxygen atoms in total. The first-order valence-electron chi connectivity index (χ1n) is 10.7. The van der Waals surface area contributed by atoms with Gasteiger partial charge in [-0.3, -0.25) is 4.79 Å². The van der Waals surface area contributed by atoms with Gasteiger partial charge in [-0.2, -0.15) is 0 Å². The van der Waals surface area contributed by atoms with Gasteiger partial charge >= 0.3 is 11.7 Å². The Morgan fingerprint density at radius 1 is 1.00 bits per heavy atom. The molecule has 3 aliphatic rings. The number of hydrogen-bond acceptors (Lipinski definition) is 12. The van der Waals surface area contributed by atoms with Crippen LogP contribution in [0.15, 0.2) is 53.2 Å². The second kappa shape index (κ2) is 9.62. The van der Waals surface area contributed by atoms with E-state index in [1.54, 1.807) is 0 Å². The van der Waals surface area contributed by atoms with Crippen LogP contribution in [0.5, 0.6) is 17.2 Å². The van der Waals surface area contributed by atoms with Gasteiger partial charge in [0.25, 0.3) is 0 Å². The average molecular weight is 509 g/mol. The van der Waals surface area contributed by atoms with E-state index in [9.17, 15) is 45.6 Å². The van der Waals surface area contributed by atoms with Crippen molar-refractivity contribution >= 4 is 11.7 Å². The maximum absolute atomic E-state index is 11.2. The van der Waals surface area contributed by atoms with Gasteiger partial charge in [-0.25, -0.2) is 0 Å². The van der Waals surface area contributed by atoms with Crippen LogP contribution in [-0.4, -0.2) is 95.0 Å². The van der Waals surface area contributed by atoms with Gasteiger partial charge in [0.05, 0.1) is 17.2 Å². The number of ether oxygens (including phenoxy) is 4. The van der Waals surface area contributed by atoms with Crippen LogP contribution in [0.2, 0.25) is 0 Å². The molecule has 1 unspecified atom stereocenters. The van der Waals surface area contributed by atoms with Crippen molar-refractivity contribution in [1.29, 1.82) is 0 Å². The van der Waals surface area contributed by atoms with E-state index in [1.807, 2.05) is 0 Å². The number of esters is 1. The van der Waals surface area contributed by atoms with Gasteiger partial charge in [0.1, 0.15) is 42.5 Å². The predicted molar refractivity (Wildman–Crippen MR) is 118 cm³/mol. The molecule has 1 aromatic carbocycles. The number of aliphatic hydroxyl groups is 7. The number of carbonyl (C=O) groups is 1. The van der Waals surface area contributed by atoms with Crippen LogP contribution in [0.25, 0.3) is 5.76 Å². The highest BCUT2D eigenvalue weighted by Gasteiger charge is 2.47. The second-order valence-electron chi connectivity index (χ2n) is 8.31. The first-order chi connectivity index (χ1) is 17.0. The quantitative estimate of drug-likeness (QED) is 0.144. The van der Waals surface area contributed by atoms with Crippen LogP contribution >= 0.6 is 0 Å². The Kier molecular flexibility index (Phi) is 6.73. The Labute approximate surface area is 203 Å². The van der Waals surface area contributed by atoms with Gasteiger partial charge in [0.2, 0.25) is 18.2 Å². The molecule has 2 heterocycles. The molecule has 1 aliphatic carbocycles. The number of allylic oxidation sites excluding steroid dienone is 2. The van der Waals surface area contributed by atoms with E-state index >= 15 is 0 Å². The van der Waals surface area contributed by atoms with Gasteiger partial charge in [-0.05, 0) is 0 Å². The molecule has 194 valence electrons. The minimum absolute atomic E-state index is 0.0392.